The van der Waals surface area contributed by atoms with Gasteiger partial charge in [0.1, 0.15) is 11.5 Å². The van der Waals surface area contributed by atoms with Gasteiger partial charge in [0.2, 0.25) is 5.88 Å². The van der Waals surface area contributed by atoms with Crippen LogP contribution in [0, 0.1) is 5.41 Å². The number of aromatic hydroxyl groups is 2. The van der Waals surface area contributed by atoms with Crippen LogP contribution in [0.3, 0.4) is 0 Å². The minimum absolute atomic E-state index is 0.0231. The van der Waals surface area contributed by atoms with Crippen molar-refractivity contribution >= 4 is 5.78 Å². The van der Waals surface area contributed by atoms with Crippen LogP contribution in [0.4, 0.5) is 0 Å². The fourth-order valence-electron chi connectivity index (χ4n) is 3.00. The summed E-state index contributed by atoms with van der Waals surface area (Å²) < 4.78 is 2.77. The van der Waals surface area contributed by atoms with E-state index in [1.54, 1.807) is 36.4 Å². The smallest absolute Gasteiger partial charge is 0.278 e. The van der Waals surface area contributed by atoms with E-state index in [0.29, 0.717) is 11.4 Å². The number of carbonyl (C=O) groups excluding carboxylic acids is 1. The number of hydrogen-bond acceptors (Lipinski definition) is 4. The molecule has 3 rings (SSSR count). The van der Waals surface area contributed by atoms with E-state index in [1.807, 2.05) is 26.8 Å². The number of phenols is 1. The molecule has 0 unspecified atom stereocenters. The molecule has 1 heterocycles. The summed E-state index contributed by atoms with van der Waals surface area (Å²) in [4.78, 5) is 25.4. The fourth-order valence-corrected chi connectivity index (χ4v) is 3.00. The van der Waals surface area contributed by atoms with Crippen LogP contribution in [0.2, 0.25) is 0 Å². The number of phenolic OH excluding ortho intramolecular Hbond substituents is 1. The molecule has 0 spiro atoms. The largest absolute Gasteiger partial charge is 0.508 e. The van der Waals surface area contributed by atoms with Crippen molar-refractivity contribution in [3.05, 3.63) is 70.5 Å². The summed E-state index contributed by atoms with van der Waals surface area (Å²) in [7, 11) is 0. The molecule has 2 aromatic carbocycles. The van der Waals surface area contributed by atoms with Gasteiger partial charge in [-0.25, -0.2) is 9.36 Å². The zero-order valence-corrected chi connectivity index (χ0v) is 16.2. The van der Waals surface area contributed by atoms with Gasteiger partial charge in [0.15, 0.2) is 0 Å². The maximum atomic E-state index is 13.1. The van der Waals surface area contributed by atoms with Gasteiger partial charge in [0.25, 0.3) is 5.56 Å². The van der Waals surface area contributed by atoms with Gasteiger partial charge in [-0.15, -0.1) is 0 Å². The molecule has 146 valence electrons. The van der Waals surface area contributed by atoms with E-state index in [9.17, 15) is 19.8 Å². The molecule has 0 radical (unpaired) electrons. The third-order valence-corrected chi connectivity index (χ3v) is 4.65. The van der Waals surface area contributed by atoms with Crippen molar-refractivity contribution in [1.82, 2.24) is 9.36 Å². The van der Waals surface area contributed by atoms with Gasteiger partial charge in [-0.05, 0) is 42.8 Å². The van der Waals surface area contributed by atoms with E-state index < -0.39 is 5.41 Å². The van der Waals surface area contributed by atoms with Crippen molar-refractivity contribution in [1.29, 1.82) is 0 Å². The summed E-state index contributed by atoms with van der Waals surface area (Å²) in [5.74, 6) is -0.101. The Kier molecular flexibility index (Phi) is 5.14. The summed E-state index contributed by atoms with van der Waals surface area (Å²) in [6.07, 6.45) is 0.319. The molecule has 0 bridgehead atoms. The van der Waals surface area contributed by atoms with Gasteiger partial charge in [0, 0.05) is 11.8 Å². The topological polar surface area (TPSA) is 84.5 Å². The molecule has 6 heteroatoms. The first kappa shape index (κ1) is 19.5. The maximum absolute atomic E-state index is 13.1. The van der Waals surface area contributed by atoms with Crippen molar-refractivity contribution in [2.24, 2.45) is 5.41 Å². The zero-order chi connectivity index (χ0) is 20.5. The zero-order valence-electron chi connectivity index (χ0n) is 16.2. The molecule has 0 aliphatic heterocycles. The van der Waals surface area contributed by atoms with E-state index in [4.69, 9.17) is 0 Å². The highest BCUT2D eigenvalue weighted by Crippen LogP contribution is 2.26. The molecule has 1 aromatic heterocycles. The molecule has 6 nitrogen and oxygen atoms in total. The summed E-state index contributed by atoms with van der Waals surface area (Å²) >= 11 is 0. The summed E-state index contributed by atoms with van der Waals surface area (Å²) in [6.45, 7) is 5.50. The molecule has 0 atom stereocenters. The second kappa shape index (κ2) is 7.38. The van der Waals surface area contributed by atoms with Crippen molar-refractivity contribution < 1.29 is 15.0 Å². The molecule has 2 N–H and O–H groups in total. The number of para-hydroxylation sites is 1. The Balaban J connectivity index is 2.14. The molecular formula is C22H24N2O4. The quantitative estimate of drug-likeness (QED) is 0.708. The van der Waals surface area contributed by atoms with Crippen molar-refractivity contribution in [2.45, 2.75) is 33.6 Å². The third-order valence-electron chi connectivity index (χ3n) is 4.65. The highest BCUT2D eigenvalue weighted by atomic mass is 16.3. The van der Waals surface area contributed by atoms with Crippen LogP contribution in [-0.4, -0.2) is 25.4 Å². The highest BCUT2D eigenvalue weighted by Gasteiger charge is 2.25. The molecule has 0 saturated heterocycles. The van der Waals surface area contributed by atoms with Crippen LogP contribution in [0.25, 0.3) is 11.4 Å². The number of benzene rings is 2. The van der Waals surface area contributed by atoms with Crippen molar-refractivity contribution in [3.8, 4) is 23.0 Å². The van der Waals surface area contributed by atoms with Crippen LogP contribution in [0.1, 0.15) is 32.8 Å². The van der Waals surface area contributed by atoms with Gasteiger partial charge in [-0.3, -0.25) is 9.59 Å². The van der Waals surface area contributed by atoms with Crippen LogP contribution < -0.4 is 5.56 Å². The molecule has 3 aromatic rings. The first-order valence-corrected chi connectivity index (χ1v) is 9.14. The van der Waals surface area contributed by atoms with E-state index >= 15 is 0 Å². The summed E-state index contributed by atoms with van der Waals surface area (Å²) in [5.41, 5.74) is 0.412. The standard InChI is InChI=1S/C22H24N2O4/c1-22(2,3)19(26)14-13-18-20(27)23(15-7-5-4-6-8-15)24(21(18)28)16-9-11-17(25)12-10-16/h4-12,25,28H,13-14H2,1-3H3. The lowest BCUT2D eigenvalue weighted by atomic mass is 9.87. The molecule has 0 aliphatic carbocycles. The minimum atomic E-state index is -0.506. The predicted octanol–water partition coefficient (Wildman–Crippen LogP) is 3.59. The molecule has 0 saturated carbocycles. The van der Waals surface area contributed by atoms with Gasteiger partial charge >= 0.3 is 0 Å². The Morgan fingerprint density at radius 1 is 0.893 bits per heavy atom. The van der Waals surface area contributed by atoms with E-state index in [-0.39, 0.29) is 41.4 Å². The molecule has 0 aliphatic rings. The lowest BCUT2D eigenvalue weighted by Crippen LogP contribution is -2.23. The number of ketones is 1. The van der Waals surface area contributed by atoms with Gasteiger partial charge in [0.05, 0.1) is 16.9 Å². The highest BCUT2D eigenvalue weighted by molar-refractivity contribution is 5.83. The Hall–Kier alpha value is -3.28. The molecule has 28 heavy (non-hydrogen) atoms. The normalized spacial score (nSPS) is 11.5. The second-order valence-corrected chi connectivity index (χ2v) is 7.76. The third kappa shape index (κ3) is 3.71. The second-order valence-electron chi connectivity index (χ2n) is 7.76. The van der Waals surface area contributed by atoms with E-state index in [0.717, 1.165) is 0 Å². The Morgan fingerprint density at radius 3 is 2.04 bits per heavy atom. The number of hydrogen-bond donors (Lipinski definition) is 2. The molecule has 0 fully saturated rings. The molecular weight excluding hydrogens is 356 g/mol. The Morgan fingerprint density at radius 2 is 1.46 bits per heavy atom. The Labute approximate surface area is 163 Å². The monoisotopic (exact) mass is 380 g/mol. The molecule has 0 amide bonds. The first-order valence-electron chi connectivity index (χ1n) is 9.14. The minimum Gasteiger partial charge on any atom is -0.508 e. The van der Waals surface area contributed by atoms with Crippen molar-refractivity contribution in [3.63, 3.8) is 0 Å². The number of carbonyl (C=O) groups is 1. The fraction of sp³-hybridized carbons (Fsp3) is 0.273. The van der Waals surface area contributed by atoms with Gasteiger partial charge < -0.3 is 10.2 Å². The van der Waals surface area contributed by atoms with E-state index in [1.165, 1.54) is 21.5 Å². The van der Waals surface area contributed by atoms with Gasteiger partial charge in [-0.2, -0.15) is 0 Å². The number of rotatable bonds is 5. The SMILES string of the molecule is CC(C)(C)C(=O)CCc1c(O)n(-c2ccc(O)cc2)n(-c2ccccc2)c1=O. The van der Waals surface area contributed by atoms with E-state index in [2.05, 4.69) is 0 Å². The van der Waals surface area contributed by atoms with Gasteiger partial charge in [-0.1, -0.05) is 39.0 Å². The summed E-state index contributed by atoms with van der Waals surface area (Å²) in [5, 5.41) is 20.4. The number of nitrogens with zero attached hydrogens (tertiary/aromatic N) is 2. The summed E-state index contributed by atoms with van der Waals surface area (Å²) in [6, 6.07) is 15.2. The lowest BCUT2D eigenvalue weighted by molar-refractivity contribution is -0.126. The maximum Gasteiger partial charge on any atom is 0.278 e. The average molecular weight is 380 g/mol. The average Bonchev–Trinajstić information content (AvgIpc) is 2.90. The lowest BCUT2D eigenvalue weighted by Gasteiger charge is -2.15. The van der Waals surface area contributed by atoms with Crippen LogP contribution >= 0.6 is 0 Å². The van der Waals surface area contributed by atoms with Crippen LogP contribution in [-0.2, 0) is 11.2 Å². The first-order chi connectivity index (χ1) is 13.2. The van der Waals surface area contributed by atoms with Crippen LogP contribution in [0.15, 0.2) is 59.4 Å². The predicted molar refractivity (Wildman–Crippen MR) is 107 cm³/mol. The Bertz CT molecular complexity index is 1040. The number of Topliss-reactive ketones (excluding diaryl/α,β-unsaturated/α-hetero) is 1. The van der Waals surface area contributed by atoms with Crippen molar-refractivity contribution in [2.75, 3.05) is 0 Å². The number of aromatic nitrogens is 2. The van der Waals surface area contributed by atoms with Crippen LogP contribution in [0.5, 0.6) is 11.6 Å².